The van der Waals surface area contributed by atoms with Gasteiger partial charge in [-0.05, 0) is 0 Å². The first-order valence-corrected chi connectivity index (χ1v) is 3.36. The fourth-order valence-electron chi connectivity index (χ4n) is 1.06. The lowest BCUT2D eigenvalue weighted by Crippen LogP contribution is -2.34. The Balaban J connectivity index is 2.53. The predicted molar refractivity (Wildman–Crippen MR) is 34.8 cm³/mol. The van der Waals surface area contributed by atoms with E-state index >= 15 is 0 Å². The van der Waals surface area contributed by atoms with E-state index in [1.807, 2.05) is 0 Å². The summed E-state index contributed by atoms with van der Waals surface area (Å²) in [6.07, 6.45) is -3.71. The van der Waals surface area contributed by atoms with Crippen LogP contribution in [-0.4, -0.2) is 53.6 Å². The minimum Gasteiger partial charge on any atom is -0.394 e. The second kappa shape index (κ2) is 3.46. The van der Waals surface area contributed by atoms with Gasteiger partial charge in [0.05, 0.1) is 6.61 Å². The van der Waals surface area contributed by atoms with Gasteiger partial charge >= 0.3 is 0 Å². The summed E-state index contributed by atoms with van der Waals surface area (Å²) in [6.45, 7) is -0.321. The number of methoxy groups -OCH3 is 1. The maximum Gasteiger partial charge on any atom is 0.186 e. The molecule has 0 aliphatic carbocycles. The zero-order valence-corrected chi connectivity index (χ0v) is 6.17. The number of hydrogen-bond acceptors (Lipinski definition) is 5. The third-order valence-corrected chi connectivity index (χ3v) is 1.73. The van der Waals surface area contributed by atoms with Gasteiger partial charge < -0.3 is 24.8 Å². The lowest BCUT2D eigenvalue weighted by Gasteiger charge is -2.11. The average molecular weight is 164 g/mol. The Hall–Kier alpha value is -0.200. The molecule has 0 spiro atoms. The summed E-state index contributed by atoms with van der Waals surface area (Å²) in [6, 6.07) is 0. The third kappa shape index (κ3) is 1.52. The molecule has 0 aromatic carbocycles. The van der Waals surface area contributed by atoms with Crippen molar-refractivity contribution in [1.29, 1.82) is 0 Å². The van der Waals surface area contributed by atoms with Crippen LogP contribution >= 0.6 is 0 Å². The molecule has 0 aromatic heterocycles. The van der Waals surface area contributed by atoms with Crippen molar-refractivity contribution in [2.75, 3.05) is 13.7 Å². The maximum atomic E-state index is 9.15. The number of aliphatic hydroxyl groups excluding tert-OH is 3. The van der Waals surface area contributed by atoms with Crippen LogP contribution in [0.1, 0.15) is 0 Å². The predicted octanol–water partition coefficient (Wildman–Crippen LogP) is -1.93. The van der Waals surface area contributed by atoms with Gasteiger partial charge in [-0.15, -0.1) is 0 Å². The standard InChI is InChI=1S/C6H12O5/c1-10-6-5(9)4(8)3(2-7)11-6/h3-9H,2H2,1H3/t3-,4?,5-,6+/m0/s1. The van der Waals surface area contributed by atoms with Crippen molar-refractivity contribution in [3.8, 4) is 0 Å². The Kier molecular flexibility index (Phi) is 2.80. The highest BCUT2D eigenvalue weighted by atomic mass is 16.7. The van der Waals surface area contributed by atoms with E-state index < -0.39 is 24.6 Å². The molecule has 3 N–H and O–H groups in total. The summed E-state index contributed by atoms with van der Waals surface area (Å²) >= 11 is 0. The summed E-state index contributed by atoms with van der Waals surface area (Å²) in [4.78, 5) is 0. The maximum absolute atomic E-state index is 9.15. The van der Waals surface area contributed by atoms with Gasteiger partial charge in [0, 0.05) is 7.11 Å². The van der Waals surface area contributed by atoms with Crippen LogP contribution in [0, 0.1) is 0 Å². The summed E-state index contributed by atoms with van der Waals surface area (Å²) in [5.41, 5.74) is 0. The highest BCUT2D eigenvalue weighted by Crippen LogP contribution is 2.20. The molecule has 1 saturated heterocycles. The Morgan fingerprint density at radius 1 is 1.36 bits per heavy atom. The van der Waals surface area contributed by atoms with Crippen LogP contribution in [-0.2, 0) is 9.47 Å². The minimum atomic E-state index is -1.07. The van der Waals surface area contributed by atoms with E-state index in [4.69, 9.17) is 20.1 Å². The van der Waals surface area contributed by atoms with Crippen LogP contribution < -0.4 is 0 Å². The van der Waals surface area contributed by atoms with Crippen molar-refractivity contribution in [3.63, 3.8) is 0 Å². The van der Waals surface area contributed by atoms with Gasteiger partial charge in [-0.1, -0.05) is 0 Å². The lowest BCUT2D eigenvalue weighted by atomic mass is 10.1. The summed E-state index contributed by atoms with van der Waals surface area (Å²) in [5, 5.41) is 26.9. The molecule has 1 unspecified atom stereocenters. The van der Waals surface area contributed by atoms with Crippen molar-refractivity contribution >= 4 is 0 Å². The molecule has 1 rings (SSSR count). The van der Waals surface area contributed by atoms with Gasteiger partial charge in [-0.3, -0.25) is 0 Å². The molecule has 0 amide bonds. The molecule has 5 nitrogen and oxygen atoms in total. The molecule has 0 bridgehead atoms. The zero-order chi connectivity index (χ0) is 8.43. The van der Waals surface area contributed by atoms with Gasteiger partial charge in [0.1, 0.15) is 18.3 Å². The zero-order valence-electron chi connectivity index (χ0n) is 6.17. The van der Waals surface area contributed by atoms with E-state index in [1.165, 1.54) is 7.11 Å². The SMILES string of the molecule is CO[C@@H]1O[C@@H](CO)C(O)[C@@H]1O. The minimum absolute atomic E-state index is 0.321. The number of aliphatic hydroxyl groups is 3. The normalized spacial score (nSPS) is 44.7. The molecule has 1 aliphatic heterocycles. The Morgan fingerprint density at radius 3 is 2.27 bits per heavy atom. The molecular formula is C6H12O5. The Morgan fingerprint density at radius 2 is 2.00 bits per heavy atom. The van der Waals surface area contributed by atoms with Crippen molar-refractivity contribution in [3.05, 3.63) is 0 Å². The van der Waals surface area contributed by atoms with Gasteiger partial charge in [0.25, 0.3) is 0 Å². The largest absolute Gasteiger partial charge is 0.394 e. The first-order chi connectivity index (χ1) is 5.20. The van der Waals surface area contributed by atoms with E-state index in [1.54, 1.807) is 0 Å². The second-order valence-electron chi connectivity index (χ2n) is 2.44. The molecule has 1 heterocycles. The molecule has 11 heavy (non-hydrogen) atoms. The van der Waals surface area contributed by atoms with Crippen molar-refractivity contribution in [2.45, 2.75) is 24.6 Å². The van der Waals surface area contributed by atoms with Crippen molar-refractivity contribution in [2.24, 2.45) is 0 Å². The van der Waals surface area contributed by atoms with Crippen LogP contribution in [0.25, 0.3) is 0 Å². The van der Waals surface area contributed by atoms with E-state index in [0.29, 0.717) is 0 Å². The monoisotopic (exact) mass is 164 g/mol. The van der Waals surface area contributed by atoms with Gasteiger partial charge in [0.15, 0.2) is 6.29 Å². The number of rotatable bonds is 2. The molecule has 4 atom stereocenters. The van der Waals surface area contributed by atoms with Crippen LogP contribution in [0.5, 0.6) is 0 Å². The van der Waals surface area contributed by atoms with E-state index in [9.17, 15) is 0 Å². The van der Waals surface area contributed by atoms with Crippen LogP contribution in [0.15, 0.2) is 0 Å². The molecule has 1 aliphatic rings. The molecule has 0 radical (unpaired) electrons. The fourth-order valence-corrected chi connectivity index (χ4v) is 1.06. The second-order valence-corrected chi connectivity index (χ2v) is 2.44. The molecule has 5 heteroatoms. The highest BCUT2D eigenvalue weighted by Gasteiger charge is 2.42. The summed E-state index contributed by atoms with van der Waals surface area (Å²) in [7, 11) is 1.36. The Bertz CT molecular complexity index is 110. The van der Waals surface area contributed by atoms with Gasteiger partial charge in [-0.2, -0.15) is 0 Å². The van der Waals surface area contributed by atoms with E-state index in [-0.39, 0.29) is 6.61 Å². The number of hydrogen-bond donors (Lipinski definition) is 3. The summed E-state index contributed by atoms with van der Waals surface area (Å²) in [5.74, 6) is 0. The smallest absolute Gasteiger partial charge is 0.186 e. The Labute approximate surface area is 64.2 Å². The topological polar surface area (TPSA) is 79.2 Å². The van der Waals surface area contributed by atoms with Gasteiger partial charge in [0.2, 0.25) is 0 Å². The lowest BCUT2D eigenvalue weighted by molar-refractivity contribution is -0.153. The first-order valence-electron chi connectivity index (χ1n) is 3.36. The van der Waals surface area contributed by atoms with E-state index in [0.717, 1.165) is 0 Å². The molecule has 0 aromatic rings. The fraction of sp³-hybridized carbons (Fsp3) is 1.00. The van der Waals surface area contributed by atoms with Crippen LogP contribution in [0.2, 0.25) is 0 Å². The van der Waals surface area contributed by atoms with E-state index in [2.05, 4.69) is 4.74 Å². The first kappa shape index (κ1) is 8.89. The molecular weight excluding hydrogens is 152 g/mol. The van der Waals surface area contributed by atoms with Gasteiger partial charge in [-0.25, -0.2) is 0 Å². The molecule has 1 fully saturated rings. The van der Waals surface area contributed by atoms with Crippen molar-refractivity contribution < 1.29 is 24.8 Å². The quantitative estimate of drug-likeness (QED) is 0.443. The average Bonchev–Trinajstić information content (AvgIpc) is 2.30. The third-order valence-electron chi connectivity index (χ3n) is 1.73. The highest BCUT2D eigenvalue weighted by molar-refractivity contribution is 4.85. The van der Waals surface area contributed by atoms with Crippen LogP contribution in [0.4, 0.5) is 0 Å². The van der Waals surface area contributed by atoms with Crippen molar-refractivity contribution in [1.82, 2.24) is 0 Å². The number of ether oxygens (including phenoxy) is 2. The molecule has 66 valence electrons. The summed E-state index contributed by atoms with van der Waals surface area (Å²) < 4.78 is 9.59. The van der Waals surface area contributed by atoms with Crippen LogP contribution in [0.3, 0.4) is 0 Å². The molecule has 0 saturated carbocycles.